The van der Waals surface area contributed by atoms with Crippen molar-refractivity contribution in [3.63, 3.8) is 0 Å². The van der Waals surface area contributed by atoms with E-state index in [-0.39, 0.29) is 0 Å². The fraction of sp³-hybridized carbons (Fsp3) is 0.312. The van der Waals surface area contributed by atoms with Crippen LogP contribution in [0.25, 0.3) is 5.69 Å². The summed E-state index contributed by atoms with van der Waals surface area (Å²) in [5, 5.41) is 4.80. The van der Waals surface area contributed by atoms with Crippen molar-refractivity contribution in [2.75, 3.05) is 5.73 Å². The van der Waals surface area contributed by atoms with Crippen molar-refractivity contribution in [1.82, 2.24) is 24.6 Å². The van der Waals surface area contributed by atoms with E-state index in [2.05, 4.69) is 44.2 Å². The molecule has 1 saturated carbocycles. The number of thiazole rings is 1. The standard InChI is InChI=1S/C16H18N6S/c17-16-19-7-15(23-16)9-21(13-5-6-13)8-12-1-3-14(4-2-12)22-11-18-10-20-22/h1-4,7,10-11,13H,5-6,8-9H2,(H2,17,19). The molecule has 4 rings (SSSR count). The van der Waals surface area contributed by atoms with Gasteiger partial charge in [-0.1, -0.05) is 12.1 Å². The molecule has 0 bridgehead atoms. The van der Waals surface area contributed by atoms with Gasteiger partial charge < -0.3 is 5.73 Å². The number of anilines is 1. The predicted molar refractivity (Wildman–Crippen MR) is 90.2 cm³/mol. The fourth-order valence-corrected chi connectivity index (χ4v) is 3.39. The summed E-state index contributed by atoms with van der Waals surface area (Å²) in [6.07, 6.45) is 7.71. The Balaban J connectivity index is 1.46. The molecule has 0 atom stereocenters. The number of rotatable bonds is 6. The molecule has 23 heavy (non-hydrogen) atoms. The maximum atomic E-state index is 5.74. The number of hydrogen-bond acceptors (Lipinski definition) is 6. The Hall–Kier alpha value is -2.25. The van der Waals surface area contributed by atoms with Crippen molar-refractivity contribution in [3.05, 3.63) is 53.6 Å². The van der Waals surface area contributed by atoms with Gasteiger partial charge in [-0.05, 0) is 30.5 Å². The van der Waals surface area contributed by atoms with Crippen LogP contribution in [0.5, 0.6) is 0 Å². The van der Waals surface area contributed by atoms with Crippen molar-refractivity contribution >= 4 is 16.5 Å². The first kappa shape index (κ1) is 14.3. The Morgan fingerprint density at radius 2 is 2.04 bits per heavy atom. The molecular weight excluding hydrogens is 308 g/mol. The summed E-state index contributed by atoms with van der Waals surface area (Å²) in [6, 6.07) is 9.17. The van der Waals surface area contributed by atoms with Crippen molar-refractivity contribution < 1.29 is 0 Å². The SMILES string of the molecule is Nc1ncc(CN(Cc2ccc(-n3cncn3)cc2)C2CC2)s1. The number of nitrogens with two attached hydrogens (primary N) is 1. The van der Waals surface area contributed by atoms with Gasteiger partial charge in [0.1, 0.15) is 12.7 Å². The molecule has 0 aliphatic heterocycles. The highest BCUT2D eigenvalue weighted by Crippen LogP contribution is 2.31. The molecule has 0 spiro atoms. The highest BCUT2D eigenvalue weighted by atomic mass is 32.1. The van der Waals surface area contributed by atoms with Crippen LogP contribution >= 0.6 is 11.3 Å². The highest BCUT2D eigenvalue weighted by Gasteiger charge is 2.29. The van der Waals surface area contributed by atoms with Crippen molar-refractivity contribution in [2.45, 2.75) is 32.0 Å². The topological polar surface area (TPSA) is 72.9 Å². The largest absolute Gasteiger partial charge is 0.375 e. The lowest BCUT2D eigenvalue weighted by Gasteiger charge is -2.21. The van der Waals surface area contributed by atoms with E-state index in [4.69, 9.17) is 5.73 Å². The molecule has 0 amide bonds. The number of benzene rings is 1. The molecule has 7 heteroatoms. The molecule has 1 aliphatic carbocycles. The third-order valence-corrected chi connectivity index (χ3v) is 4.81. The van der Waals surface area contributed by atoms with Crippen LogP contribution in [0, 0.1) is 0 Å². The maximum absolute atomic E-state index is 5.74. The van der Waals surface area contributed by atoms with Gasteiger partial charge in [0.25, 0.3) is 0 Å². The number of hydrogen-bond donors (Lipinski definition) is 1. The minimum Gasteiger partial charge on any atom is -0.375 e. The first-order chi connectivity index (χ1) is 11.3. The van der Waals surface area contributed by atoms with Crippen LogP contribution in [0.2, 0.25) is 0 Å². The first-order valence-corrected chi connectivity index (χ1v) is 8.48. The molecule has 2 heterocycles. The summed E-state index contributed by atoms with van der Waals surface area (Å²) >= 11 is 1.58. The summed E-state index contributed by atoms with van der Waals surface area (Å²) in [6.45, 7) is 1.87. The molecule has 2 N–H and O–H groups in total. The average Bonchev–Trinajstić information content (AvgIpc) is 3.10. The normalized spacial score (nSPS) is 14.5. The lowest BCUT2D eigenvalue weighted by Crippen LogP contribution is -2.24. The summed E-state index contributed by atoms with van der Waals surface area (Å²) in [7, 11) is 0. The van der Waals surface area contributed by atoms with Crippen LogP contribution in [-0.2, 0) is 13.1 Å². The summed E-state index contributed by atoms with van der Waals surface area (Å²) in [5.74, 6) is 0. The molecule has 1 aliphatic rings. The van der Waals surface area contributed by atoms with Gasteiger partial charge in [-0.2, -0.15) is 5.10 Å². The number of nitrogens with zero attached hydrogens (tertiary/aromatic N) is 5. The predicted octanol–water partition coefficient (Wildman–Crippen LogP) is 2.47. The lowest BCUT2D eigenvalue weighted by molar-refractivity contribution is 0.248. The zero-order chi connectivity index (χ0) is 15.6. The minimum atomic E-state index is 0.646. The molecular formula is C16H18N6S. The van der Waals surface area contributed by atoms with E-state index in [9.17, 15) is 0 Å². The van der Waals surface area contributed by atoms with E-state index < -0.39 is 0 Å². The molecule has 2 aromatic heterocycles. The van der Waals surface area contributed by atoms with Crippen molar-refractivity contribution in [1.29, 1.82) is 0 Å². The molecule has 0 saturated heterocycles. The van der Waals surface area contributed by atoms with Crippen molar-refractivity contribution in [2.24, 2.45) is 0 Å². The van der Waals surface area contributed by atoms with Gasteiger partial charge in [-0.3, -0.25) is 4.90 Å². The maximum Gasteiger partial charge on any atom is 0.180 e. The van der Waals surface area contributed by atoms with Gasteiger partial charge in [-0.25, -0.2) is 14.6 Å². The lowest BCUT2D eigenvalue weighted by atomic mass is 10.2. The zero-order valence-corrected chi connectivity index (χ0v) is 13.5. The van der Waals surface area contributed by atoms with Crippen LogP contribution in [0.1, 0.15) is 23.3 Å². The van der Waals surface area contributed by atoms with Crippen LogP contribution in [0.3, 0.4) is 0 Å². The number of nitrogen functional groups attached to an aromatic ring is 1. The summed E-state index contributed by atoms with van der Waals surface area (Å²) < 4.78 is 1.77. The van der Waals surface area contributed by atoms with Crippen LogP contribution in [0.15, 0.2) is 43.1 Å². The van der Waals surface area contributed by atoms with Gasteiger partial charge in [-0.15, -0.1) is 11.3 Å². The van der Waals surface area contributed by atoms with Gasteiger partial charge in [0, 0.05) is 30.2 Å². The Bertz CT molecular complexity index is 760. The van der Waals surface area contributed by atoms with Crippen LogP contribution in [-0.4, -0.2) is 30.7 Å². The highest BCUT2D eigenvalue weighted by molar-refractivity contribution is 7.15. The minimum absolute atomic E-state index is 0.646. The van der Waals surface area contributed by atoms with Crippen LogP contribution in [0.4, 0.5) is 5.13 Å². The van der Waals surface area contributed by atoms with E-state index in [0.717, 1.165) is 18.8 Å². The second kappa shape index (κ2) is 6.10. The van der Waals surface area contributed by atoms with Crippen LogP contribution < -0.4 is 5.73 Å². The van der Waals surface area contributed by atoms with E-state index in [1.807, 2.05) is 6.20 Å². The van der Waals surface area contributed by atoms with E-state index in [1.54, 1.807) is 28.7 Å². The molecule has 118 valence electrons. The van der Waals surface area contributed by atoms with Gasteiger partial charge in [0.05, 0.1) is 5.69 Å². The number of aromatic nitrogens is 4. The zero-order valence-electron chi connectivity index (χ0n) is 12.7. The quantitative estimate of drug-likeness (QED) is 0.753. The van der Waals surface area contributed by atoms with Gasteiger partial charge in [0.15, 0.2) is 5.13 Å². The Labute approximate surface area is 138 Å². The first-order valence-electron chi connectivity index (χ1n) is 7.66. The van der Waals surface area contributed by atoms with E-state index in [0.29, 0.717) is 11.2 Å². The summed E-state index contributed by atoms with van der Waals surface area (Å²) in [4.78, 5) is 11.9. The smallest absolute Gasteiger partial charge is 0.180 e. The Morgan fingerprint density at radius 1 is 1.22 bits per heavy atom. The Kier molecular flexibility index (Phi) is 3.80. The molecule has 0 radical (unpaired) electrons. The fourth-order valence-electron chi connectivity index (χ4n) is 2.68. The van der Waals surface area contributed by atoms with E-state index in [1.165, 1.54) is 23.3 Å². The molecule has 6 nitrogen and oxygen atoms in total. The molecule has 3 aromatic rings. The monoisotopic (exact) mass is 326 g/mol. The molecule has 1 aromatic carbocycles. The van der Waals surface area contributed by atoms with E-state index >= 15 is 0 Å². The third-order valence-electron chi connectivity index (χ3n) is 4.00. The Morgan fingerprint density at radius 3 is 2.65 bits per heavy atom. The molecule has 0 unspecified atom stereocenters. The summed E-state index contributed by atoms with van der Waals surface area (Å²) in [5.41, 5.74) is 8.07. The second-order valence-electron chi connectivity index (χ2n) is 5.81. The third kappa shape index (κ3) is 3.40. The van der Waals surface area contributed by atoms with Gasteiger partial charge in [0.2, 0.25) is 0 Å². The second-order valence-corrected chi connectivity index (χ2v) is 6.95. The van der Waals surface area contributed by atoms with Crippen molar-refractivity contribution in [3.8, 4) is 5.69 Å². The average molecular weight is 326 g/mol. The van der Waals surface area contributed by atoms with Gasteiger partial charge >= 0.3 is 0 Å². The molecule has 1 fully saturated rings.